The van der Waals surface area contributed by atoms with E-state index >= 15 is 0 Å². The van der Waals surface area contributed by atoms with Crippen LogP contribution in [0.3, 0.4) is 0 Å². The highest BCUT2D eigenvalue weighted by Crippen LogP contribution is 2.59. The van der Waals surface area contributed by atoms with E-state index in [9.17, 15) is 4.79 Å². The molecule has 0 aromatic carbocycles. The van der Waals surface area contributed by atoms with Crippen molar-refractivity contribution in [1.29, 1.82) is 0 Å². The minimum absolute atomic E-state index is 0.539. The number of carbonyl (C=O) groups is 1. The molecule has 10 heavy (non-hydrogen) atoms. The smallest absolute Gasteiger partial charge is 0.139 e. The van der Waals surface area contributed by atoms with E-state index in [0.717, 1.165) is 11.8 Å². The third kappa shape index (κ3) is 0.388. The lowest BCUT2D eigenvalue weighted by Crippen LogP contribution is -2.42. The molecule has 1 nitrogen and oxygen atoms in total. The Morgan fingerprint density at radius 3 is 2.20 bits per heavy atom. The first kappa shape index (κ1) is 5.34. The van der Waals surface area contributed by atoms with Crippen LogP contribution in [0.1, 0.15) is 25.7 Å². The fourth-order valence-corrected chi connectivity index (χ4v) is 3.46. The second kappa shape index (κ2) is 1.46. The molecule has 0 spiro atoms. The van der Waals surface area contributed by atoms with Gasteiger partial charge in [-0.15, -0.1) is 0 Å². The van der Waals surface area contributed by atoms with Crippen molar-refractivity contribution in [2.24, 2.45) is 23.7 Å². The Morgan fingerprint density at radius 1 is 1.00 bits per heavy atom. The second-order valence-corrected chi connectivity index (χ2v) is 4.11. The number of carbonyl (C=O) groups excluding carboxylic acids is 1. The van der Waals surface area contributed by atoms with E-state index < -0.39 is 0 Å². The summed E-state index contributed by atoms with van der Waals surface area (Å²) in [5.41, 5.74) is 0. The molecule has 4 atom stereocenters. The normalized spacial score (nSPS) is 56.6. The van der Waals surface area contributed by atoms with E-state index in [4.69, 9.17) is 0 Å². The molecule has 0 radical (unpaired) electrons. The van der Waals surface area contributed by atoms with Crippen LogP contribution in [0.5, 0.6) is 0 Å². The molecule has 3 rings (SSSR count). The van der Waals surface area contributed by atoms with Gasteiger partial charge in [0.2, 0.25) is 0 Å². The van der Waals surface area contributed by atoms with Crippen molar-refractivity contribution < 1.29 is 4.79 Å². The maximum atomic E-state index is 11.3. The monoisotopic (exact) mass is 136 g/mol. The Morgan fingerprint density at radius 2 is 1.60 bits per heavy atom. The molecule has 0 amide bonds. The SMILES string of the molecule is O=C1[C@H]2CC[C@H]3CC[C@@H]1[C@H]32. The summed E-state index contributed by atoms with van der Waals surface area (Å²) in [5, 5.41) is 0. The predicted octanol–water partition coefficient (Wildman–Crippen LogP) is 1.62. The molecular formula is C9H12O. The predicted molar refractivity (Wildman–Crippen MR) is 37.4 cm³/mol. The van der Waals surface area contributed by atoms with Gasteiger partial charge in [-0.25, -0.2) is 0 Å². The van der Waals surface area contributed by atoms with E-state index in [0.29, 0.717) is 17.6 Å². The standard InChI is InChI=1S/C9H12O/c10-9-6-3-1-5-2-4-7(9)8(5)6/h5-8H,1-4H2/t5-,6-,7+,8+. The van der Waals surface area contributed by atoms with Crippen molar-refractivity contribution in [3.05, 3.63) is 0 Å². The van der Waals surface area contributed by atoms with Crippen molar-refractivity contribution in [3.63, 3.8) is 0 Å². The topological polar surface area (TPSA) is 17.1 Å². The first-order chi connectivity index (χ1) is 4.88. The molecule has 0 heterocycles. The van der Waals surface area contributed by atoms with Gasteiger partial charge in [0.1, 0.15) is 5.78 Å². The summed E-state index contributed by atoms with van der Waals surface area (Å²) in [4.78, 5) is 11.3. The van der Waals surface area contributed by atoms with Crippen LogP contribution in [0.15, 0.2) is 0 Å². The second-order valence-electron chi connectivity index (χ2n) is 4.11. The maximum absolute atomic E-state index is 11.3. The molecule has 0 N–H and O–H groups in total. The Labute approximate surface area is 60.8 Å². The van der Waals surface area contributed by atoms with Crippen LogP contribution in [0, 0.1) is 23.7 Å². The van der Waals surface area contributed by atoms with Gasteiger partial charge >= 0.3 is 0 Å². The molecule has 0 bridgehead atoms. The van der Waals surface area contributed by atoms with E-state index in [2.05, 4.69) is 0 Å². The quantitative estimate of drug-likeness (QED) is 0.494. The summed E-state index contributed by atoms with van der Waals surface area (Å²) in [5.74, 6) is 3.53. The molecule has 0 saturated heterocycles. The van der Waals surface area contributed by atoms with Crippen molar-refractivity contribution in [2.75, 3.05) is 0 Å². The molecule has 54 valence electrons. The van der Waals surface area contributed by atoms with Crippen molar-refractivity contribution >= 4 is 5.78 Å². The van der Waals surface area contributed by atoms with Gasteiger partial charge in [-0.2, -0.15) is 0 Å². The van der Waals surface area contributed by atoms with Gasteiger partial charge < -0.3 is 0 Å². The Kier molecular flexibility index (Phi) is 0.781. The zero-order valence-electron chi connectivity index (χ0n) is 6.05. The van der Waals surface area contributed by atoms with Gasteiger partial charge in [0, 0.05) is 11.8 Å². The van der Waals surface area contributed by atoms with Crippen LogP contribution in [-0.4, -0.2) is 5.78 Å². The summed E-state index contributed by atoms with van der Waals surface area (Å²) in [7, 11) is 0. The van der Waals surface area contributed by atoms with E-state index in [-0.39, 0.29) is 0 Å². The van der Waals surface area contributed by atoms with Gasteiger partial charge in [-0.3, -0.25) is 4.79 Å². The van der Waals surface area contributed by atoms with Crippen LogP contribution in [0.4, 0.5) is 0 Å². The summed E-state index contributed by atoms with van der Waals surface area (Å²) in [6, 6.07) is 0. The summed E-state index contributed by atoms with van der Waals surface area (Å²) in [6.07, 6.45) is 5.17. The molecule has 3 aliphatic rings. The third-order valence-corrected chi connectivity index (χ3v) is 3.90. The van der Waals surface area contributed by atoms with Gasteiger partial charge in [0.05, 0.1) is 0 Å². The molecule has 0 aliphatic heterocycles. The minimum atomic E-state index is 0.539. The molecule has 3 saturated carbocycles. The molecule has 0 unspecified atom stereocenters. The van der Waals surface area contributed by atoms with Crippen molar-refractivity contribution in [1.82, 2.24) is 0 Å². The van der Waals surface area contributed by atoms with Crippen LogP contribution < -0.4 is 0 Å². The fraction of sp³-hybridized carbons (Fsp3) is 0.889. The lowest BCUT2D eigenvalue weighted by Gasteiger charge is -2.35. The maximum Gasteiger partial charge on any atom is 0.139 e. The molecule has 1 heteroatoms. The number of hydrogen-bond acceptors (Lipinski definition) is 1. The number of Topliss-reactive ketones (excluding diaryl/α,β-unsaturated/α-hetero) is 1. The minimum Gasteiger partial charge on any atom is -0.299 e. The average molecular weight is 136 g/mol. The molecule has 3 fully saturated rings. The zero-order chi connectivity index (χ0) is 6.72. The van der Waals surface area contributed by atoms with Gasteiger partial charge in [-0.05, 0) is 37.5 Å². The van der Waals surface area contributed by atoms with E-state index in [1.807, 2.05) is 0 Å². The van der Waals surface area contributed by atoms with Crippen LogP contribution in [-0.2, 0) is 4.79 Å². The Hall–Kier alpha value is -0.330. The molecule has 0 aromatic heterocycles. The lowest BCUT2D eigenvalue weighted by atomic mass is 9.66. The Bertz CT molecular complexity index is 179. The molecule has 3 aliphatic carbocycles. The zero-order valence-corrected chi connectivity index (χ0v) is 6.05. The van der Waals surface area contributed by atoms with Gasteiger partial charge in [-0.1, -0.05) is 0 Å². The van der Waals surface area contributed by atoms with Crippen molar-refractivity contribution in [3.8, 4) is 0 Å². The highest BCUT2D eigenvalue weighted by molar-refractivity contribution is 5.91. The summed E-state index contributed by atoms with van der Waals surface area (Å²) >= 11 is 0. The highest BCUT2D eigenvalue weighted by atomic mass is 16.1. The number of rotatable bonds is 0. The largest absolute Gasteiger partial charge is 0.299 e. The first-order valence-electron chi connectivity index (χ1n) is 4.41. The van der Waals surface area contributed by atoms with Gasteiger partial charge in [0.15, 0.2) is 0 Å². The number of ketones is 1. The highest BCUT2D eigenvalue weighted by Gasteiger charge is 2.58. The lowest BCUT2D eigenvalue weighted by molar-refractivity contribution is -0.139. The third-order valence-electron chi connectivity index (χ3n) is 3.90. The molecule has 0 aromatic rings. The van der Waals surface area contributed by atoms with Crippen LogP contribution >= 0.6 is 0 Å². The summed E-state index contributed by atoms with van der Waals surface area (Å²) < 4.78 is 0. The average Bonchev–Trinajstić information content (AvgIpc) is 2.37. The first-order valence-corrected chi connectivity index (χ1v) is 4.41. The fourth-order valence-electron chi connectivity index (χ4n) is 3.46. The molecular weight excluding hydrogens is 124 g/mol. The van der Waals surface area contributed by atoms with E-state index in [1.165, 1.54) is 25.7 Å². The summed E-state index contributed by atoms with van der Waals surface area (Å²) in [6.45, 7) is 0. The van der Waals surface area contributed by atoms with Gasteiger partial charge in [0.25, 0.3) is 0 Å². The van der Waals surface area contributed by atoms with E-state index in [1.54, 1.807) is 0 Å². The van der Waals surface area contributed by atoms with Crippen molar-refractivity contribution in [2.45, 2.75) is 25.7 Å². The van der Waals surface area contributed by atoms with Crippen LogP contribution in [0.25, 0.3) is 0 Å². The number of hydrogen-bond donors (Lipinski definition) is 0. The van der Waals surface area contributed by atoms with Crippen LogP contribution in [0.2, 0.25) is 0 Å². The Balaban J connectivity index is 2.00.